The van der Waals surface area contributed by atoms with Gasteiger partial charge in [-0.05, 0) is 73.7 Å². The third-order valence-corrected chi connectivity index (χ3v) is 10.00. The SMILES string of the molecule is C=C1[C@H]2CC[C@@]3(CC[C@@H]4[C@@]5(C)CCC[C@@]4([C@@H]4OCCN4C5)[C@@H]3C2)[C@@H]1O. The number of ether oxygens (including phenoxy) is 1. The van der Waals surface area contributed by atoms with Crippen molar-refractivity contribution < 1.29 is 9.84 Å². The van der Waals surface area contributed by atoms with Crippen molar-refractivity contribution in [3.8, 4) is 0 Å². The maximum atomic E-state index is 11.3. The van der Waals surface area contributed by atoms with Crippen LogP contribution in [0.1, 0.15) is 58.3 Å². The summed E-state index contributed by atoms with van der Waals surface area (Å²) in [6, 6.07) is 0. The van der Waals surface area contributed by atoms with Gasteiger partial charge in [-0.1, -0.05) is 19.9 Å². The van der Waals surface area contributed by atoms with E-state index in [0.29, 0.717) is 28.9 Å². The molecule has 4 bridgehead atoms. The topological polar surface area (TPSA) is 32.7 Å². The quantitative estimate of drug-likeness (QED) is 0.683. The third kappa shape index (κ3) is 1.62. The van der Waals surface area contributed by atoms with Gasteiger partial charge < -0.3 is 9.84 Å². The highest BCUT2D eigenvalue weighted by molar-refractivity contribution is 5.28. The van der Waals surface area contributed by atoms with E-state index >= 15 is 0 Å². The second kappa shape index (κ2) is 4.72. The fourth-order valence-corrected chi connectivity index (χ4v) is 9.23. The molecule has 7 aliphatic rings. The lowest BCUT2D eigenvalue weighted by molar-refractivity contribution is -0.290. The highest BCUT2D eigenvalue weighted by atomic mass is 16.5. The highest BCUT2D eigenvalue weighted by Gasteiger charge is 2.73. The third-order valence-electron chi connectivity index (χ3n) is 10.00. The molecule has 7 fully saturated rings. The first-order chi connectivity index (χ1) is 12.0. The van der Waals surface area contributed by atoms with Crippen LogP contribution in [0, 0.1) is 34.0 Å². The summed E-state index contributed by atoms with van der Waals surface area (Å²) in [5.41, 5.74) is 2.02. The van der Waals surface area contributed by atoms with E-state index in [1.165, 1.54) is 57.9 Å². The smallest absolute Gasteiger partial charge is 0.117 e. The predicted octanol–water partition coefficient (Wildman–Crippen LogP) is 3.58. The van der Waals surface area contributed by atoms with Crippen LogP contribution in [-0.2, 0) is 4.74 Å². The van der Waals surface area contributed by atoms with Gasteiger partial charge in [0.2, 0.25) is 0 Å². The Morgan fingerprint density at radius 3 is 2.88 bits per heavy atom. The molecule has 0 amide bonds. The zero-order valence-electron chi connectivity index (χ0n) is 15.7. The molecule has 0 unspecified atom stereocenters. The van der Waals surface area contributed by atoms with Crippen molar-refractivity contribution in [1.29, 1.82) is 0 Å². The van der Waals surface area contributed by atoms with Crippen molar-refractivity contribution in [2.75, 3.05) is 19.7 Å². The number of hydrogen-bond acceptors (Lipinski definition) is 3. The summed E-state index contributed by atoms with van der Waals surface area (Å²) in [7, 11) is 0. The standard InChI is InChI=1S/C22H33NO2/c1-14-15-4-8-21(18(14)24)9-5-16-20(2)6-3-7-22(16,17(21)12-15)19-23(13-20)10-11-25-19/h15-19,24H,1,3-13H2,2H3/t15-,16+,17+,18+,19-,20-,21-,22-/m0/s1. The van der Waals surface area contributed by atoms with Gasteiger partial charge in [-0.2, -0.15) is 0 Å². The fourth-order valence-electron chi connectivity index (χ4n) is 9.23. The molecule has 7 rings (SSSR count). The lowest BCUT2D eigenvalue weighted by Gasteiger charge is -2.73. The van der Waals surface area contributed by atoms with Crippen LogP contribution in [-0.4, -0.2) is 42.0 Å². The van der Waals surface area contributed by atoms with Crippen LogP contribution in [0.5, 0.6) is 0 Å². The summed E-state index contributed by atoms with van der Waals surface area (Å²) in [4.78, 5) is 2.69. The summed E-state index contributed by atoms with van der Waals surface area (Å²) >= 11 is 0. The van der Waals surface area contributed by atoms with Crippen LogP contribution in [0.4, 0.5) is 0 Å². The summed E-state index contributed by atoms with van der Waals surface area (Å²) in [6.07, 6.45) is 10.4. The van der Waals surface area contributed by atoms with Crippen molar-refractivity contribution in [2.45, 2.75) is 70.6 Å². The van der Waals surface area contributed by atoms with Crippen LogP contribution in [0.3, 0.4) is 0 Å². The monoisotopic (exact) mass is 343 g/mol. The Morgan fingerprint density at radius 1 is 1.16 bits per heavy atom. The average molecular weight is 344 g/mol. The molecule has 2 saturated heterocycles. The molecular weight excluding hydrogens is 310 g/mol. The van der Waals surface area contributed by atoms with Crippen LogP contribution >= 0.6 is 0 Å². The number of rotatable bonds is 0. The van der Waals surface area contributed by atoms with E-state index in [-0.39, 0.29) is 11.5 Å². The molecule has 0 aromatic heterocycles. The average Bonchev–Trinajstić information content (AvgIpc) is 3.06. The second-order valence-electron chi connectivity index (χ2n) is 10.6. The Balaban J connectivity index is 1.53. The Morgan fingerprint density at radius 2 is 2.00 bits per heavy atom. The summed E-state index contributed by atoms with van der Waals surface area (Å²) in [6.45, 7) is 10.2. The van der Waals surface area contributed by atoms with E-state index in [4.69, 9.17) is 4.74 Å². The Kier molecular flexibility index (Phi) is 2.95. The Labute approximate surface area is 151 Å². The zero-order chi connectivity index (χ0) is 17.0. The van der Waals surface area contributed by atoms with Crippen LogP contribution in [0.25, 0.3) is 0 Å². The molecule has 5 aliphatic carbocycles. The van der Waals surface area contributed by atoms with Crippen molar-refractivity contribution in [2.24, 2.45) is 34.0 Å². The van der Waals surface area contributed by atoms with Gasteiger partial charge in [-0.3, -0.25) is 4.90 Å². The lowest BCUT2D eigenvalue weighted by atomic mass is 9.34. The van der Waals surface area contributed by atoms with E-state index in [1.54, 1.807) is 0 Å². The van der Waals surface area contributed by atoms with E-state index in [1.807, 2.05) is 0 Å². The molecule has 3 nitrogen and oxygen atoms in total. The van der Waals surface area contributed by atoms with Crippen molar-refractivity contribution in [1.82, 2.24) is 4.90 Å². The molecule has 1 N–H and O–H groups in total. The second-order valence-corrected chi connectivity index (χ2v) is 10.6. The van der Waals surface area contributed by atoms with Crippen LogP contribution in [0.15, 0.2) is 12.2 Å². The number of aliphatic hydroxyl groups excluding tert-OH is 1. The maximum absolute atomic E-state index is 11.3. The van der Waals surface area contributed by atoms with Gasteiger partial charge in [0.1, 0.15) is 6.23 Å². The minimum absolute atomic E-state index is 0.107. The van der Waals surface area contributed by atoms with Gasteiger partial charge in [-0.15, -0.1) is 0 Å². The van der Waals surface area contributed by atoms with Gasteiger partial charge in [-0.25, -0.2) is 0 Å². The summed E-state index contributed by atoms with van der Waals surface area (Å²) < 4.78 is 6.49. The van der Waals surface area contributed by atoms with Gasteiger partial charge in [0.05, 0.1) is 12.7 Å². The molecule has 0 radical (unpaired) electrons. The molecule has 3 heteroatoms. The Hall–Kier alpha value is -0.380. The van der Waals surface area contributed by atoms with Crippen LogP contribution in [0.2, 0.25) is 0 Å². The van der Waals surface area contributed by atoms with Crippen molar-refractivity contribution in [3.05, 3.63) is 12.2 Å². The molecule has 2 heterocycles. The normalized spacial score (nSPS) is 60.1. The maximum Gasteiger partial charge on any atom is 0.117 e. The van der Waals surface area contributed by atoms with E-state index in [9.17, 15) is 5.11 Å². The summed E-state index contributed by atoms with van der Waals surface area (Å²) in [5, 5.41) is 11.3. The molecule has 0 aromatic carbocycles. The van der Waals surface area contributed by atoms with E-state index < -0.39 is 0 Å². The fraction of sp³-hybridized carbons (Fsp3) is 0.909. The zero-order valence-corrected chi connectivity index (χ0v) is 15.7. The van der Waals surface area contributed by atoms with Gasteiger partial charge >= 0.3 is 0 Å². The molecule has 8 atom stereocenters. The Bertz CT molecular complexity index is 634. The van der Waals surface area contributed by atoms with E-state index in [2.05, 4.69) is 18.4 Å². The van der Waals surface area contributed by atoms with E-state index in [0.717, 1.165) is 24.6 Å². The van der Waals surface area contributed by atoms with Crippen molar-refractivity contribution >= 4 is 0 Å². The molecule has 25 heavy (non-hydrogen) atoms. The van der Waals surface area contributed by atoms with Gasteiger partial charge in [0.25, 0.3) is 0 Å². The first kappa shape index (κ1) is 15.7. The number of piperidine rings is 1. The number of aliphatic hydroxyl groups is 1. The predicted molar refractivity (Wildman–Crippen MR) is 96.8 cm³/mol. The number of fused-ring (bicyclic) bond motifs is 3. The highest BCUT2D eigenvalue weighted by Crippen LogP contribution is 2.75. The molecular formula is C22H33NO2. The molecule has 0 aromatic rings. The van der Waals surface area contributed by atoms with Gasteiger partial charge in [0.15, 0.2) is 0 Å². The number of hydrogen-bond donors (Lipinski definition) is 1. The first-order valence-corrected chi connectivity index (χ1v) is 10.7. The minimum Gasteiger partial charge on any atom is -0.388 e. The molecule has 1 spiro atoms. The first-order valence-electron chi connectivity index (χ1n) is 10.7. The summed E-state index contributed by atoms with van der Waals surface area (Å²) in [5.74, 6) is 1.99. The molecule has 2 aliphatic heterocycles. The molecule has 138 valence electrons. The van der Waals surface area contributed by atoms with Crippen molar-refractivity contribution in [3.63, 3.8) is 0 Å². The largest absolute Gasteiger partial charge is 0.388 e. The van der Waals surface area contributed by atoms with Crippen LogP contribution < -0.4 is 0 Å². The molecule has 5 saturated carbocycles. The van der Waals surface area contributed by atoms with Gasteiger partial charge in [0, 0.05) is 23.9 Å². The number of nitrogens with zero attached hydrogens (tertiary/aromatic N) is 1. The minimum atomic E-state index is -0.259. The lowest BCUT2D eigenvalue weighted by Crippen LogP contribution is -2.73.